The number of rotatable bonds is 4. The van der Waals surface area contributed by atoms with Crippen LogP contribution < -0.4 is 0 Å². The standard InChI is InChI=1S/C19H17FN2O2S2/c1-4-21-16(11-7-6-10(3)25-11)14-15(19(21)24)17(22(5-2)18(14)23)12-8-9-13(20)26-12/h6-9H,4-5H2,1-3H3. The maximum Gasteiger partial charge on any atom is 0.261 e. The second-order valence-corrected chi connectivity index (χ2v) is 8.38. The van der Waals surface area contributed by atoms with Crippen molar-refractivity contribution in [3.05, 3.63) is 55.2 Å². The van der Waals surface area contributed by atoms with Gasteiger partial charge in [0.05, 0.1) is 32.3 Å². The summed E-state index contributed by atoms with van der Waals surface area (Å²) < 4.78 is 13.6. The molecule has 0 N–H and O–H groups in total. The van der Waals surface area contributed by atoms with Crippen LogP contribution in [0.2, 0.25) is 0 Å². The Morgan fingerprint density at radius 1 is 0.846 bits per heavy atom. The molecule has 2 aromatic rings. The van der Waals surface area contributed by atoms with Gasteiger partial charge in [0.25, 0.3) is 11.8 Å². The highest BCUT2D eigenvalue weighted by Gasteiger charge is 2.48. The highest BCUT2D eigenvalue weighted by atomic mass is 32.1. The van der Waals surface area contributed by atoms with Crippen LogP contribution >= 0.6 is 22.7 Å². The number of aryl methyl sites for hydroxylation is 1. The van der Waals surface area contributed by atoms with Gasteiger partial charge in [0, 0.05) is 18.0 Å². The van der Waals surface area contributed by atoms with Crippen LogP contribution in [-0.2, 0) is 9.59 Å². The van der Waals surface area contributed by atoms with E-state index in [0.29, 0.717) is 40.5 Å². The Morgan fingerprint density at radius 2 is 1.35 bits per heavy atom. The zero-order valence-electron chi connectivity index (χ0n) is 14.6. The number of hydrogen-bond donors (Lipinski definition) is 0. The maximum absolute atomic E-state index is 13.6. The number of hydrogen-bond acceptors (Lipinski definition) is 4. The number of likely N-dealkylation sites (N-methyl/N-ethyl adjacent to an activating group) is 2. The highest BCUT2D eigenvalue weighted by Crippen LogP contribution is 2.48. The van der Waals surface area contributed by atoms with Gasteiger partial charge in [-0.25, -0.2) is 0 Å². The van der Waals surface area contributed by atoms with Gasteiger partial charge in [0.15, 0.2) is 5.13 Å². The third-order valence-electron chi connectivity index (χ3n) is 4.59. The molecule has 0 bridgehead atoms. The average molecular weight is 388 g/mol. The molecule has 0 fully saturated rings. The highest BCUT2D eigenvalue weighted by molar-refractivity contribution is 7.13. The van der Waals surface area contributed by atoms with Crippen molar-refractivity contribution in [1.29, 1.82) is 0 Å². The molecule has 4 nitrogen and oxygen atoms in total. The first-order valence-electron chi connectivity index (χ1n) is 8.43. The number of halogens is 1. The fourth-order valence-electron chi connectivity index (χ4n) is 3.52. The quantitative estimate of drug-likeness (QED) is 0.791. The number of thiophene rings is 2. The van der Waals surface area contributed by atoms with E-state index in [4.69, 9.17) is 0 Å². The lowest BCUT2D eigenvalue weighted by Gasteiger charge is -2.22. The molecule has 26 heavy (non-hydrogen) atoms. The largest absolute Gasteiger partial charge is 0.306 e. The molecule has 2 aliphatic rings. The minimum absolute atomic E-state index is 0.184. The van der Waals surface area contributed by atoms with E-state index in [9.17, 15) is 14.0 Å². The number of carbonyl (C=O) groups excluding carboxylic acids is 2. The molecule has 0 saturated heterocycles. The Morgan fingerprint density at radius 3 is 1.73 bits per heavy atom. The van der Waals surface area contributed by atoms with E-state index in [1.54, 1.807) is 27.2 Å². The van der Waals surface area contributed by atoms with Crippen molar-refractivity contribution in [3.8, 4) is 0 Å². The predicted molar refractivity (Wildman–Crippen MR) is 102 cm³/mol. The van der Waals surface area contributed by atoms with Crippen molar-refractivity contribution >= 4 is 45.9 Å². The minimum atomic E-state index is -0.332. The Hall–Kier alpha value is -2.25. The molecule has 7 heteroatoms. The predicted octanol–water partition coefficient (Wildman–Crippen LogP) is 4.10. The normalized spacial score (nSPS) is 17.2. The first-order valence-corrected chi connectivity index (χ1v) is 10.1. The van der Waals surface area contributed by atoms with E-state index < -0.39 is 0 Å². The van der Waals surface area contributed by atoms with Crippen LogP contribution in [0.3, 0.4) is 0 Å². The molecule has 2 aliphatic heterocycles. The summed E-state index contributed by atoms with van der Waals surface area (Å²) in [5.74, 6) is -0.367. The van der Waals surface area contributed by atoms with Crippen molar-refractivity contribution in [2.75, 3.05) is 13.1 Å². The Labute approximate surface area is 158 Å². The van der Waals surface area contributed by atoms with Crippen molar-refractivity contribution < 1.29 is 14.0 Å². The smallest absolute Gasteiger partial charge is 0.261 e. The van der Waals surface area contributed by atoms with Crippen LogP contribution in [0.25, 0.3) is 11.4 Å². The number of carbonyl (C=O) groups is 2. The van der Waals surface area contributed by atoms with Crippen molar-refractivity contribution in [2.45, 2.75) is 20.8 Å². The van der Waals surface area contributed by atoms with Crippen molar-refractivity contribution in [1.82, 2.24) is 9.80 Å². The zero-order chi connectivity index (χ0) is 18.6. The maximum atomic E-state index is 13.6. The van der Waals surface area contributed by atoms with E-state index in [-0.39, 0.29) is 16.9 Å². The van der Waals surface area contributed by atoms with Crippen molar-refractivity contribution in [2.24, 2.45) is 0 Å². The topological polar surface area (TPSA) is 40.6 Å². The molecule has 0 radical (unpaired) electrons. The molecule has 134 valence electrons. The van der Waals surface area contributed by atoms with Crippen LogP contribution in [0.4, 0.5) is 4.39 Å². The summed E-state index contributed by atoms with van der Waals surface area (Å²) in [7, 11) is 0. The van der Waals surface area contributed by atoms with Gasteiger partial charge in [-0.1, -0.05) is 0 Å². The minimum Gasteiger partial charge on any atom is -0.306 e. The Balaban J connectivity index is 2.02. The molecule has 0 aromatic carbocycles. The van der Waals surface area contributed by atoms with E-state index >= 15 is 0 Å². The van der Waals surface area contributed by atoms with Gasteiger partial charge >= 0.3 is 0 Å². The Kier molecular flexibility index (Phi) is 4.08. The van der Waals surface area contributed by atoms with Gasteiger partial charge in [-0.3, -0.25) is 9.59 Å². The number of fused-ring (bicyclic) bond motifs is 1. The summed E-state index contributed by atoms with van der Waals surface area (Å²) >= 11 is 2.52. The summed E-state index contributed by atoms with van der Waals surface area (Å²) in [6, 6.07) is 6.94. The average Bonchev–Trinajstić information content (AvgIpc) is 3.34. The second kappa shape index (κ2) is 6.17. The molecule has 0 saturated carbocycles. The van der Waals surface area contributed by atoms with Crippen LogP contribution in [-0.4, -0.2) is 34.7 Å². The fraction of sp³-hybridized carbons (Fsp3) is 0.263. The van der Waals surface area contributed by atoms with Crippen molar-refractivity contribution in [3.63, 3.8) is 0 Å². The SMILES string of the molecule is CCN1C(=O)C2=C(c3ccc(F)s3)N(CC)C(=O)C2=C1c1ccc(C)s1. The number of amides is 2. The molecular formula is C19H17FN2O2S2. The van der Waals surface area contributed by atoms with Crippen LogP contribution in [0.1, 0.15) is 28.5 Å². The third kappa shape index (κ3) is 2.30. The van der Waals surface area contributed by atoms with E-state index in [2.05, 4.69) is 0 Å². The van der Waals surface area contributed by atoms with Crippen LogP contribution in [0.5, 0.6) is 0 Å². The van der Waals surface area contributed by atoms with E-state index in [0.717, 1.165) is 21.1 Å². The molecule has 2 amide bonds. The molecule has 4 heterocycles. The van der Waals surface area contributed by atoms with Gasteiger partial charge in [-0.2, -0.15) is 4.39 Å². The first kappa shape index (κ1) is 17.2. The molecule has 4 rings (SSSR count). The van der Waals surface area contributed by atoms with Gasteiger partial charge < -0.3 is 9.80 Å². The number of nitrogens with zero attached hydrogens (tertiary/aromatic N) is 2. The summed E-state index contributed by atoms with van der Waals surface area (Å²) in [6.45, 7) is 6.66. The van der Waals surface area contributed by atoms with E-state index in [1.165, 1.54) is 6.07 Å². The van der Waals surface area contributed by atoms with Gasteiger partial charge in [0.1, 0.15) is 0 Å². The van der Waals surface area contributed by atoms with Gasteiger partial charge in [0.2, 0.25) is 0 Å². The zero-order valence-corrected chi connectivity index (χ0v) is 16.3. The monoisotopic (exact) mass is 388 g/mol. The third-order valence-corrected chi connectivity index (χ3v) is 6.48. The molecule has 2 aromatic heterocycles. The van der Waals surface area contributed by atoms with E-state index in [1.807, 2.05) is 32.9 Å². The van der Waals surface area contributed by atoms with Crippen LogP contribution in [0.15, 0.2) is 35.4 Å². The first-order chi connectivity index (χ1) is 12.5. The lowest BCUT2D eigenvalue weighted by molar-refractivity contribution is -0.124. The molecule has 0 spiro atoms. The second-order valence-electron chi connectivity index (χ2n) is 6.06. The summed E-state index contributed by atoms with van der Waals surface area (Å²) in [5.41, 5.74) is 2.07. The summed E-state index contributed by atoms with van der Waals surface area (Å²) in [5, 5.41) is -0.332. The molecule has 0 aliphatic carbocycles. The molecular weight excluding hydrogens is 371 g/mol. The lowest BCUT2D eigenvalue weighted by atomic mass is 10.1. The fourth-order valence-corrected chi connectivity index (χ4v) is 5.23. The lowest BCUT2D eigenvalue weighted by Crippen LogP contribution is -2.29. The Bertz CT molecular complexity index is 919. The van der Waals surface area contributed by atoms with Gasteiger partial charge in [-0.15, -0.1) is 22.7 Å². The van der Waals surface area contributed by atoms with Crippen LogP contribution in [0, 0.1) is 12.1 Å². The summed E-state index contributed by atoms with van der Waals surface area (Å²) in [4.78, 5) is 32.2. The molecule has 0 unspecified atom stereocenters. The summed E-state index contributed by atoms with van der Waals surface area (Å²) in [6.07, 6.45) is 0. The molecule has 0 atom stereocenters. The van der Waals surface area contributed by atoms with Gasteiger partial charge in [-0.05, 0) is 45.0 Å².